The van der Waals surface area contributed by atoms with E-state index < -0.39 is 0 Å². The molecule has 1 aromatic heterocycles. The predicted octanol–water partition coefficient (Wildman–Crippen LogP) is 3.23. The van der Waals surface area contributed by atoms with E-state index in [4.69, 9.17) is 0 Å². The van der Waals surface area contributed by atoms with E-state index in [2.05, 4.69) is 57.1 Å². The van der Waals surface area contributed by atoms with Gasteiger partial charge in [-0.05, 0) is 56.4 Å². The molecule has 1 aromatic carbocycles. The average molecular weight is 286 g/mol. The summed E-state index contributed by atoms with van der Waals surface area (Å²) in [6, 6.07) is 8.53. The Morgan fingerprint density at radius 1 is 1.10 bits per heavy atom. The van der Waals surface area contributed by atoms with Gasteiger partial charge in [0, 0.05) is 18.7 Å². The number of hydrogen-bond acceptors (Lipinski definition) is 2. The molecule has 0 radical (unpaired) electrons. The van der Waals surface area contributed by atoms with Crippen LogP contribution in [0.2, 0.25) is 0 Å². The van der Waals surface area contributed by atoms with Gasteiger partial charge in [0.25, 0.3) is 0 Å². The van der Waals surface area contributed by atoms with Crippen molar-refractivity contribution in [2.75, 3.05) is 0 Å². The second kappa shape index (κ2) is 6.90. The van der Waals surface area contributed by atoms with E-state index in [1.165, 1.54) is 16.7 Å². The lowest BCUT2D eigenvalue weighted by Gasteiger charge is -2.12. The molecule has 1 N–H and O–H groups in total. The monoisotopic (exact) mass is 286 g/mol. The van der Waals surface area contributed by atoms with Crippen LogP contribution in [-0.4, -0.2) is 21.0 Å². The number of aliphatic hydroxyl groups excluding tert-OH is 1. The first kappa shape index (κ1) is 15.8. The summed E-state index contributed by atoms with van der Waals surface area (Å²) in [5.74, 6) is 0. The molecule has 2 rings (SSSR count). The molecule has 21 heavy (non-hydrogen) atoms. The lowest BCUT2D eigenvalue weighted by atomic mass is 10.00. The van der Waals surface area contributed by atoms with Crippen molar-refractivity contribution >= 4 is 0 Å². The lowest BCUT2D eigenvalue weighted by molar-refractivity contribution is 0.172. The summed E-state index contributed by atoms with van der Waals surface area (Å²) in [5, 5.41) is 14.9. The highest BCUT2D eigenvalue weighted by molar-refractivity contribution is 5.30. The summed E-state index contributed by atoms with van der Waals surface area (Å²) in [6.07, 6.45) is 1.93. The Kier molecular flexibility index (Phi) is 5.18. The van der Waals surface area contributed by atoms with Gasteiger partial charge in [-0.15, -0.1) is 0 Å². The molecule has 0 aliphatic rings. The van der Waals surface area contributed by atoms with Crippen LogP contribution < -0.4 is 0 Å². The van der Waals surface area contributed by atoms with E-state index in [9.17, 15) is 5.11 Å². The van der Waals surface area contributed by atoms with Crippen molar-refractivity contribution in [2.45, 2.75) is 59.6 Å². The van der Waals surface area contributed by atoms with Crippen LogP contribution in [0.25, 0.3) is 0 Å². The van der Waals surface area contributed by atoms with Crippen molar-refractivity contribution in [3.63, 3.8) is 0 Å². The molecule has 0 amide bonds. The fourth-order valence-corrected chi connectivity index (χ4v) is 2.64. The summed E-state index contributed by atoms with van der Waals surface area (Å²) in [6.45, 7) is 9.28. The van der Waals surface area contributed by atoms with E-state index >= 15 is 0 Å². The standard InChI is InChI=1S/C18H26N2O/c1-5-16-11-17(20(6-2)19-16)12-18(21)10-15-8-7-13(3)14(4)9-15/h7-9,11,18,21H,5-6,10,12H2,1-4H3. The molecule has 0 bridgehead atoms. The third-order valence-electron chi connectivity index (χ3n) is 4.06. The first-order valence-electron chi connectivity index (χ1n) is 7.83. The Labute approximate surface area is 127 Å². The minimum atomic E-state index is -0.362. The third kappa shape index (κ3) is 3.94. The van der Waals surface area contributed by atoms with Crippen molar-refractivity contribution in [1.82, 2.24) is 9.78 Å². The highest BCUT2D eigenvalue weighted by Crippen LogP contribution is 2.14. The maximum absolute atomic E-state index is 10.4. The number of aromatic nitrogens is 2. The van der Waals surface area contributed by atoms with Gasteiger partial charge in [-0.2, -0.15) is 5.10 Å². The molecule has 1 heterocycles. The Hall–Kier alpha value is -1.61. The van der Waals surface area contributed by atoms with Gasteiger partial charge >= 0.3 is 0 Å². The predicted molar refractivity (Wildman–Crippen MR) is 86.6 cm³/mol. The fraction of sp³-hybridized carbons (Fsp3) is 0.500. The molecule has 3 nitrogen and oxygen atoms in total. The minimum absolute atomic E-state index is 0.362. The van der Waals surface area contributed by atoms with Crippen LogP contribution >= 0.6 is 0 Å². The van der Waals surface area contributed by atoms with Crippen LogP contribution in [0.3, 0.4) is 0 Å². The van der Waals surface area contributed by atoms with Crippen LogP contribution in [0.4, 0.5) is 0 Å². The van der Waals surface area contributed by atoms with Crippen LogP contribution in [0.5, 0.6) is 0 Å². The summed E-state index contributed by atoms with van der Waals surface area (Å²) >= 11 is 0. The van der Waals surface area contributed by atoms with Gasteiger partial charge in [0.15, 0.2) is 0 Å². The van der Waals surface area contributed by atoms with Crippen LogP contribution in [0.15, 0.2) is 24.3 Å². The van der Waals surface area contributed by atoms with Gasteiger partial charge in [0.05, 0.1) is 11.8 Å². The molecular formula is C18H26N2O. The number of nitrogens with zero attached hydrogens (tertiary/aromatic N) is 2. The van der Waals surface area contributed by atoms with Crippen LogP contribution in [-0.2, 0) is 25.8 Å². The fourth-order valence-electron chi connectivity index (χ4n) is 2.64. The van der Waals surface area contributed by atoms with E-state index in [0.29, 0.717) is 12.8 Å². The van der Waals surface area contributed by atoms with E-state index in [0.717, 1.165) is 24.4 Å². The van der Waals surface area contributed by atoms with E-state index in [1.54, 1.807) is 0 Å². The molecule has 114 valence electrons. The lowest BCUT2D eigenvalue weighted by Crippen LogP contribution is -2.17. The first-order valence-corrected chi connectivity index (χ1v) is 7.83. The van der Waals surface area contributed by atoms with E-state index in [1.807, 2.05) is 4.68 Å². The normalized spacial score (nSPS) is 12.6. The van der Waals surface area contributed by atoms with Crippen LogP contribution in [0.1, 0.15) is 41.9 Å². The third-order valence-corrected chi connectivity index (χ3v) is 4.06. The van der Waals surface area contributed by atoms with Gasteiger partial charge in [0.2, 0.25) is 0 Å². The number of aliphatic hydroxyl groups is 1. The largest absolute Gasteiger partial charge is 0.392 e. The van der Waals surface area contributed by atoms with Crippen molar-refractivity contribution in [3.8, 4) is 0 Å². The molecule has 0 spiro atoms. The summed E-state index contributed by atoms with van der Waals surface area (Å²) in [5.41, 5.74) is 6.01. The zero-order valence-electron chi connectivity index (χ0n) is 13.6. The van der Waals surface area contributed by atoms with Crippen molar-refractivity contribution in [1.29, 1.82) is 0 Å². The SMILES string of the molecule is CCc1cc(CC(O)Cc2ccc(C)c(C)c2)n(CC)n1. The molecule has 0 aliphatic carbocycles. The van der Waals surface area contributed by atoms with Gasteiger partial charge in [-0.3, -0.25) is 4.68 Å². The highest BCUT2D eigenvalue weighted by Gasteiger charge is 2.12. The summed E-state index contributed by atoms with van der Waals surface area (Å²) < 4.78 is 2.00. The smallest absolute Gasteiger partial charge is 0.0635 e. The molecule has 0 fully saturated rings. The molecule has 3 heteroatoms. The minimum Gasteiger partial charge on any atom is -0.392 e. The Bertz CT molecular complexity index is 601. The van der Waals surface area contributed by atoms with Gasteiger partial charge in [0.1, 0.15) is 0 Å². The second-order valence-electron chi connectivity index (χ2n) is 5.78. The molecule has 2 aromatic rings. The number of hydrogen-bond donors (Lipinski definition) is 1. The van der Waals surface area contributed by atoms with Gasteiger partial charge in [-0.25, -0.2) is 0 Å². The zero-order chi connectivity index (χ0) is 15.4. The van der Waals surface area contributed by atoms with Crippen molar-refractivity contribution in [3.05, 3.63) is 52.3 Å². The topological polar surface area (TPSA) is 38.0 Å². The average Bonchev–Trinajstić information content (AvgIpc) is 2.85. The molecule has 1 atom stereocenters. The Morgan fingerprint density at radius 2 is 1.86 bits per heavy atom. The molecular weight excluding hydrogens is 260 g/mol. The second-order valence-corrected chi connectivity index (χ2v) is 5.78. The number of benzene rings is 1. The maximum Gasteiger partial charge on any atom is 0.0635 e. The van der Waals surface area contributed by atoms with Gasteiger partial charge < -0.3 is 5.11 Å². The molecule has 1 unspecified atom stereocenters. The molecule has 0 saturated heterocycles. The first-order chi connectivity index (χ1) is 10.0. The summed E-state index contributed by atoms with van der Waals surface area (Å²) in [4.78, 5) is 0. The maximum atomic E-state index is 10.4. The number of aryl methyl sites for hydroxylation is 4. The number of rotatable bonds is 6. The van der Waals surface area contributed by atoms with Crippen molar-refractivity contribution < 1.29 is 5.11 Å². The van der Waals surface area contributed by atoms with Crippen molar-refractivity contribution in [2.24, 2.45) is 0 Å². The quantitative estimate of drug-likeness (QED) is 0.885. The van der Waals surface area contributed by atoms with E-state index in [-0.39, 0.29) is 6.10 Å². The Balaban J connectivity index is 2.05. The van der Waals surface area contributed by atoms with Gasteiger partial charge in [-0.1, -0.05) is 25.1 Å². The highest BCUT2D eigenvalue weighted by atomic mass is 16.3. The molecule has 0 aliphatic heterocycles. The van der Waals surface area contributed by atoms with Crippen LogP contribution in [0, 0.1) is 13.8 Å². The summed E-state index contributed by atoms with van der Waals surface area (Å²) in [7, 11) is 0. The Morgan fingerprint density at radius 3 is 2.48 bits per heavy atom. The molecule has 0 saturated carbocycles. The zero-order valence-corrected chi connectivity index (χ0v) is 13.6.